The normalized spacial score (nSPS) is 10.3. The van der Waals surface area contributed by atoms with Gasteiger partial charge in [-0.25, -0.2) is 9.13 Å². The van der Waals surface area contributed by atoms with Gasteiger partial charge in [-0.05, 0) is 0 Å². The molecule has 0 aromatic rings. The van der Waals surface area contributed by atoms with Gasteiger partial charge in [0.05, 0.1) is 0 Å². The van der Waals surface area contributed by atoms with Gasteiger partial charge in [-0.15, -0.1) is 0 Å². The third-order valence-electron chi connectivity index (χ3n) is 0.213. The summed E-state index contributed by atoms with van der Waals surface area (Å²) in [7, 11) is -10.1. The molecule has 0 amide bonds. The quantitative estimate of drug-likeness (QED) is 0.299. The first-order valence-corrected chi connectivity index (χ1v) is 4.59. The van der Waals surface area contributed by atoms with Crippen molar-refractivity contribution < 1.29 is 71.6 Å². The maximum absolute atomic E-state index is 9.63. The Morgan fingerprint density at radius 1 is 1.00 bits per heavy atom. The number of phosphoric acid groups is 2. The van der Waals surface area contributed by atoms with Gasteiger partial charge in [-0.2, -0.15) is 4.31 Å². The van der Waals surface area contributed by atoms with Gasteiger partial charge >= 0.3 is 82.9 Å². The molecule has 0 aromatic heterocycles. The predicted molar refractivity (Wildman–Crippen MR) is 36.8 cm³/mol. The molecule has 0 rings (SSSR count). The van der Waals surface area contributed by atoms with Crippen molar-refractivity contribution in [3.63, 3.8) is 0 Å². The van der Waals surface area contributed by atoms with Crippen LogP contribution in [0, 0.1) is 0 Å². The van der Waals surface area contributed by atoms with Crippen molar-refractivity contribution in [1.82, 2.24) is 0 Å². The van der Waals surface area contributed by atoms with E-state index in [1.54, 1.807) is 0 Å². The van der Waals surface area contributed by atoms with Crippen LogP contribution in [0.1, 0.15) is 4.28 Å². The Morgan fingerprint density at radius 2 is 1.17 bits per heavy atom. The van der Waals surface area contributed by atoms with Crippen LogP contribution in [0.15, 0.2) is 0 Å². The first-order valence-electron chi connectivity index (χ1n) is 1.53. The summed E-state index contributed by atoms with van der Waals surface area (Å²) in [6.07, 6.45) is 0. The van der Waals surface area contributed by atoms with Crippen LogP contribution in [0.4, 0.5) is 4.70 Å². The van der Waals surface area contributed by atoms with E-state index < -0.39 is 15.6 Å². The standard InChI is InChI=1S/Ca.FH.Na.H4O7P2.3H/c;;;1-8(2,3)7-9(4,5)6;;;/h;1H;;(H2,1,2,3)(H2,4,5,6);;;/q+2;;+1;;3*-1. The van der Waals surface area contributed by atoms with Gasteiger partial charge in [0.15, 0.2) is 0 Å². The summed E-state index contributed by atoms with van der Waals surface area (Å²) in [4.78, 5) is 31.0. The maximum Gasteiger partial charge on any atom is 2.00 e. The Balaban J connectivity index is -0.0000000213. The van der Waals surface area contributed by atoms with Crippen LogP contribution in [0.2, 0.25) is 0 Å². The van der Waals surface area contributed by atoms with E-state index in [1.165, 1.54) is 0 Å². The Kier molecular flexibility index (Phi) is 17.4. The van der Waals surface area contributed by atoms with Crippen molar-refractivity contribution in [1.29, 1.82) is 0 Å². The van der Waals surface area contributed by atoms with Crippen LogP contribution in [0.3, 0.4) is 0 Å². The van der Waals surface area contributed by atoms with E-state index in [0.717, 1.165) is 0 Å². The molecule has 0 saturated heterocycles. The Morgan fingerprint density at radius 3 is 1.17 bits per heavy atom. The summed E-state index contributed by atoms with van der Waals surface area (Å²) in [5, 5.41) is 0. The van der Waals surface area contributed by atoms with Crippen LogP contribution in [-0.2, 0) is 13.4 Å². The van der Waals surface area contributed by atoms with Gasteiger partial charge in [0.2, 0.25) is 0 Å². The van der Waals surface area contributed by atoms with Crippen molar-refractivity contribution in [3.8, 4) is 0 Å². The molecule has 0 spiro atoms. The molecule has 0 fully saturated rings. The van der Waals surface area contributed by atoms with Crippen molar-refractivity contribution in [3.05, 3.63) is 0 Å². The van der Waals surface area contributed by atoms with E-state index in [-0.39, 0.29) is 76.3 Å². The molecular formula is H8CaFNaO7P2. The Hall–Kier alpha value is 2.45. The molecule has 0 aliphatic carbocycles. The summed E-state index contributed by atoms with van der Waals surface area (Å²) in [5.41, 5.74) is 0. The van der Waals surface area contributed by atoms with Gasteiger partial charge in [0.25, 0.3) is 0 Å². The van der Waals surface area contributed by atoms with Crippen molar-refractivity contribution >= 4 is 53.4 Å². The van der Waals surface area contributed by atoms with Crippen molar-refractivity contribution in [2.75, 3.05) is 0 Å². The minimum absolute atomic E-state index is 0. The first-order chi connectivity index (χ1) is 3.71. The zero-order chi connectivity index (χ0) is 7.71. The second-order valence-electron chi connectivity index (χ2n) is 1.06. The number of hydrogen-bond donors (Lipinski definition) is 4. The molecule has 0 bridgehead atoms. The van der Waals surface area contributed by atoms with Gasteiger partial charge < -0.3 is 23.9 Å². The van der Waals surface area contributed by atoms with Crippen LogP contribution >= 0.6 is 15.6 Å². The van der Waals surface area contributed by atoms with E-state index in [9.17, 15) is 9.13 Å². The first kappa shape index (κ1) is 23.9. The Labute approximate surface area is 123 Å². The number of hydrogen-bond acceptors (Lipinski definition) is 3. The summed E-state index contributed by atoms with van der Waals surface area (Å²) >= 11 is 0. The third kappa shape index (κ3) is 22.9. The number of rotatable bonds is 2. The molecule has 0 aromatic carbocycles. The van der Waals surface area contributed by atoms with Crippen LogP contribution in [0.5, 0.6) is 0 Å². The topological polar surface area (TPSA) is 124 Å². The summed E-state index contributed by atoms with van der Waals surface area (Å²) in [5.74, 6) is 0. The molecule has 0 atom stereocenters. The van der Waals surface area contributed by atoms with Crippen molar-refractivity contribution in [2.45, 2.75) is 0 Å². The average molecular weight is 264 g/mol. The van der Waals surface area contributed by atoms with E-state index in [0.29, 0.717) is 0 Å². The molecule has 0 radical (unpaired) electrons. The average Bonchev–Trinajstić information content (AvgIpc) is 1.14. The molecular weight excluding hydrogens is 256 g/mol. The van der Waals surface area contributed by atoms with E-state index >= 15 is 0 Å². The molecule has 4 N–H and O–H groups in total. The van der Waals surface area contributed by atoms with Gasteiger partial charge in [0, 0.05) is 0 Å². The Bertz CT molecular complexity index is 173. The molecule has 0 saturated carbocycles. The van der Waals surface area contributed by atoms with Crippen LogP contribution in [0.25, 0.3) is 0 Å². The third-order valence-corrected chi connectivity index (χ3v) is 1.91. The zero-order valence-electron chi connectivity index (χ0n) is 9.02. The predicted octanol–water partition coefficient (Wildman–Crippen LogP) is -3.70. The maximum atomic E-state index is 9.63. The smallest absolute Gasteiger partial charge is 1.00 e. The second-order valence-corrected chi connectivity index (χ2v) is 3.68. The molecule has 12 heavy (non-hydrogen) atoms. The van der Waals surface area contributed by atoms with Gasteiger partial charge in [-0.1, -0.05) is 0 Å². The van der Waals surface area contributed by atoms with E-state index in [2.05, 4.69) is 4.31 Å². The molecule has 0 heterocycles. The fraction of sp³-hybridized carbons (Fsp3) is 0. The monoisotopic (exact) mass is 264 g/mol. The van der Waals surface area contributed by atoms with E-state index in [1.807, 2.05) is 0 Å². The van der Waals surface area contributed by atoms with Gasteiger partial charge in [-0.3, -0.25) is 4.70 Å². The van der Waals surface area contributed by atoms with E-state index in [4.69, 9.17) is 19.6 Å². The molecule has 0 unspecified atom stereocenters. The largest absolute Gasteiger partial charge is 2.00 e. The molecule has 12 heteroatoms. The van der Waals surface area contributed by atoms with Gasteiger partial charge in [0.1, 0.15) is 0 Å². The summed E-state index contributed by atoms with van der Waals surface area (Å²) < 4.78 is 22.2. The van der Waals surface area contributed by atoms with Crippen LogP contribution in [-0.4, -0.2) is 57.3 Å². The molecule has 70 valence electrons. The minimum atomic E-state index is -5.05. The molecule has 0 aliphatic heterocycles. The van der Waals surface area contributed by atoms with Crippen LogP contribution < -0.4 is 29.6 Å². The molecule has 7 nitrogen and oxygen atoms in total. The van der Waals surface area contributed by atoms with Crippen molar-refractivity contribution in [2.24, 2.45) is 0 Å². The SMILES string of the molecule is F.O=P(O)(O)OP(=O)(O)O.[Ca+2].[H-].[H-].[H-].[Na+]. The fourth-order valence-electron chi connectivity index (χ4n) is 0.139. The fourth-order valence-corrected chi connectivity index (χ4v) is 1.25. The summed E-state index contributed by atoms with van der Waals surface area (Å²) in [6, 6.07) is 0. The summed E-state index contributed by atoms with van der Waals surface area (Å²) in [6.45, 7) is 0. The number of halogens is 1. The minimum Gasteiger partial charge on any atom is -1.00 e. The zero-order valence-corrected chi connectivity index (χ0v) is 12.0. The second kappa shape index (κ2) is 8.73. The molecule has 0 aliphatic rings.